The molecule has 0 spiro atoms. The van der Waals surface area contributed by atoms with Gasteiger partial charge in [-0.25, -0.2) is 0 Å². The molecule has 7 nitrogen and oxygen atoms in total. The Hall–Kier alpha value is -3.19. The lowest BCUT2D eigenvalue weighted by Crippen LogP contribution is -2.49. The highest BCUT2D eigenvalue weighted by atomic mass is 16.3. The molecule has 0 aliphatic carbocycles. The summed E-state index contributed by atoms with van der Waals surface area (Å²) in [5.74, 6) is -1.44. The third kappa shape index (κ3) is 3.29. The number of aliphatic hydroxyl groups is 1. The molecule has 3 heterocycles. The van der Waals surface area contributed by atoms with Gasteiger partial charge in [0.1, 0.15) is 0 Å². The largest absolute Gasteiger partial charge is 0.396 e. The van der Waals surface area contributed by atoms with E-state index in [9.17, 15) is 19.5 Å². The smallest absolute Gasteiger partial charge is 0.258 e. The Labute approximate surface area is 181 Å². The number of pyridine rings is 1. The van der Waals surface area contributed by atoms with Gasteiger partial charge in [0.05, 0.1) is 18.0 Å². The molecule has 162 valence electrons. The van der Waals surface area contributed by atoms with Crippen molar-refractivity contribution in [2.45, 2.75) is 25.6 Å². The van der Waals surface area contributed by atoms with Crippen LogP contribution in [0.5, 0.6) is 0 Å². The van der Waals surface area contributed by atoms with Crippen molar-refractivity contribution in [1.82, 2.24) is 14.4 Å². The first kappa shape index (κ1) is 21.1. The van der Waals surface area contributed by atoms with E-state index in [0.29, 0.717) is 16.8 Å². The first-order valence-electron chi connectivity index (χ1n) is 10.5. The predicted octanol–water partition coefficient (Wildman–Crippen LogP) is 1.77. The highest BCUT2D eigenvalue weighted by Gasteiger charge is 2.57. The molecule has 4 rings (SSSR count). The van der Waals surface area contributed by atoms with E-state index in [1.807, 2.05) is 19.1 Å². The third-order valence-electron chi connectivity index (χ3n) is 6.40. The normalized spacial score (nSPS) is 24.3. The second-order valence-corrected chi connectivity index (χ2v) is 8.32. The number of carbonyl (C=O) groups excluding carboxylic acids is 2. The first-order valence-corrected chi connectivity index (χ1v) is 10.5. The van der Waals surface area contributed by atoms with Crippen LogP contribution in [-0.2, 0) is 11.3 Å². The Morgan fingerprint density at radius 1 is 1.16 bits per heavy atom. The van der Waals surface area contributed by atoms with Crippen molar-refractivity contribution in [2.75, 3.05) is 20.7 Å². The van der Waals surface area contributed by atoms with Crippen LogP contribution in [0.1, 0.15) is 34.6 Å². The fourth-order valence-electron chi connectivity index (χ4n) is 5.02. The first-order chi connectivity index (χ1) is 14.9. The summed E-state index contributed by atoms with van der Waals surface area (Å²) in [5.41, 5.74) is 1.57. The summed E-state index contributed by atoms with van der Waals surface area (Å²) < 4.78 is 1.67. The highest BCUT2D eigenvalue weighted by Crippen LogP contribution is 2.49. The van der Waals surface area contributed by atoms with E-state index < -0.39 is 23.9 Å². The predicted molar refractivity (Wildman–Crippen MR) is 117 cm³/mol. The zero-order valence-corrected chi connectivity index (χ0v) is 17.9. The van der Waals surface area contributed by atoms with Crippen LogP contribution >= 0.6 is 0 Å². The summed E-state index contributed by atoms with van der Waals surface area (Å²) in [6, 6.07) is 11.4. The van der Waals surface area contributed by atoms with Gasteiger partial charge in [-0.1, -0.05) is 30.4 Å². The maximum Gasteiger partial charge on any atom is 0.258 e. The number of hydrogen-bond donors (Lipinski definition) is 1. The summed E-state index contributed by atoms with van der Waals surface area (Å²) in [7, 11) is 3.34. The molecule has 4 atom stereocenters. The van der Waals surface area contributed by atoms with Gasteiger partial charge in [-0.05, 0) is 31.2 Å². The maximum atomic E-state index is 13.5. The molecule has 2 aliphatic rings. The van der Waals surface area contributed by atoms with Crippen LogP contribution in [0.25, 0.3) is 6.08 Å². The van der Waals surface area contributed by atoms with Gasteiger partial charge < -0.3 is 19.5 Å². The number of aromatic nitrogens is 1. The number of allylic oxidation sites excluding steroid dienone is 1. The van der Waals surface area contributed by atoms with Gasteiger partial charge in [0.2, 0.25) is 5.91 Å². The van der Waals surface area contributed by atoms with Crippen LogP contribution < -0.4 is 5.56 Å². The number of nitrogens with zero attached hydrogens (tertiary/aromatic N) is 3. The van der Waals surface area contributed by atoms with E-state index in [2.05, 4.69) is 0 Å². The minimum atomic E-state index is -0.627. The Morgan fingerprint density at radius 2 is 1.87 bits per heavy atom. The van der Waals surface area contributed by atoms with E-state index in [4.69, 9.17) is 0 Å². The molecule has 1 saturated heterocycles. The molecular formula is C24H27N3O4. The van der Waals surface area contributed by atoms with E-state index in [1.165, 1.54) is 4.90 Å². The second kappa shape index (κ2) is 8.15. The SMILES string of the molecule is C/C=C\c1ccc2n(c1=O)C[C@@H]1[C@@H](CO)[C@H](C(=O)N(C)C)[C@H]2N1C(=O)c1ccccc1. The van der Waals surface area contributed by atoms with Gasteiger partial charge in [-0.2, -0.15) is 0 Å². The lowest BCUT2D eigenvalue weighted by Gasteiger charge is -2.38. The molecule has 1 fully saturated rings. The molecule has 2 aliphatic heterocycles. The number of rotatable bonds is 4. The van der Waals surface area contributed by atoms with Gasteiger partial charge >= 0.3 is 0 Å². The van der Waals surface area contributed by atoms with Crippen LogP contribution in [0.2, 0.25) is 0 Å². The molecule has 7 heteroatoms. The van der Waals surface area contributed by atoms with Crippen LogP contribution in [0, 0.1) is 11.8 Å². The summed E-state index contributed by atoms with van der Waals surface area (Å²) >= 11 is 0. The number of carbonyl (C=O) groups is 2. The van der Waals surface area contributed by atoms with Crippen LogP contribution in [0.3, 0.4) is 0 Å². The van der Waals surface area contributed by atoms with Crippen molar-refractivity contribution in [2.24, 2.45) is 11.8 Å². The van der Waals surface area contributed by atoms with E-state index in [0.717, 1.165) is 0 Å². The highest BCUT2D eigenvalue weighted by molar-refractivity contribution is 5.96. The molecule has 31 heavy (non-hydrogen) atoms. The molecule has 2 aromatic rings. The van der Waals surface area contributed by atoms with E-state index in [-0.39, 0.29) is 30.5 Å². The Bertz CT molecular complexity index is 1090. The standard InChI is InChI=1S/C24H27N3O4/c1-4-8-15-11-12-18-21-20(24(31)25(2)3)17(14-28)19(13-26(18)22(15)29)27(21)23(30)16-9-6-5-7-10-16/h4-12,17,19-21,28H,13-14H2,1-3H3/b8-4-/t17-,19-,20+,21+/m1/s1. The molecule has 2 bridgehead atoms. The summed E-state index contributed by atoms with van der Waals surface area (Å²) in [5, 5.41) is 10.3. The summed E-state index contributed by atoms with van der Waals surface area (Å²) in [4.78, 5) is 43.1. The molecular weight excluding hydrogens is 394 g/mol. The third-order valence-corrected chi connectivity index (χ3v) is 6.40. The minimum Gasteiger partial charge on any atom is -0.396 e. The number of aliphatic hydroxyl groups excluding tert-OH is 1. The quantitative estimate of drug-likeness (QED) is 0.816. The monoisotopic (exact) mass is 421 g/mol. The topological polar surface area (TPSA) is 82.8 Å². The van der Waals surface area contributed by atoms with Crippen molar-refractivity contribution in [3.8, 4) is 0 Å². The van der Waals surface area contributed by atoms with Crippen LogP contribution in [0.4, 0.5) is 0 Å². The average Bonchev–Trinajstić information content (AvgIpc) is 3.01. The Balaban J connectivity index is 1.91. The molecule has 1 aromatic heterocycles. The van der Waals surface area contributed by atoms with Crippen molar-refractivity contribution < 1.29 is 14.7 Å². The number of fused-ring (bicyclic) bond motifs is 4. The van der Waals surface area contributed by atoms with Gasteiger partial charge in [-0.3, -0.25) is 14.4 Å². The van der Waals surface area contributed by atoms with Crippen molar-refractivity contribution in [1.29, 1.82) is 0 Å². The molecule has 2 amide bonds. The fourth-order valence-corrected chi connectivity index (χ4v) is 5.02. The van der Waals surface area contributed by atoms with E-state index >= 15 is 0 Å². The minimum absolute atomic E-state index is 0.146. The van der Waals surface area contributed by atoms with Gasteiger partial charge in [0.15, 0.2) is 0 Å². The zero-order chi connectivity index (χ0) is 22.3. The molecule has 0 radical (unpaired) electrons. The van der Waals surface area contributed by atoms with Gasteiger partial charge in [0.25, 0.3) is 11.5 Å². The maximum absolute atomic E-state index is 13.5. The van der Waals surface area contributed by atoms with Crippen molar-refractivity contribution >= 4 is 17.9 Å². The Kier molecular flexibility index (Phi) is 5.54. The Morgan fingerprint density at radius 3 is 2.48 bits per heavy atom. The fraction of sp³-hybridized carbons (Fsp3) is 0.375. The number of benzene rings is 1. The van der Waals surface area contributed by atoms with Gasteiger partial charge in [0, 0.05) is 50.0 Å². The molecule has 0 saturated carbocycles. The molecule has 1 aromatic carbocycles. The van der Waals surface area contributed by atoms with Crippen molar-refractivity contribution in [3.63, 3.8) is 0 Å². The lowest BCUT2D eigenvalue weighted by molar-refractivity contribution is -0.135. The number of amides is 2. The van der Waals surface area contributed by atoms with Crippen LogP contribution in [0.15, 0.2) is 53.3 Å². The molecule has 0 unspecified atom stereocenters. The van der Waals surface area contributed by atoms with E-state index in [1.54, 1.807) is 66.0 Å². The molecule has 1 N–H and O–H groups in total. The lowest BCUT2D eigenvalue weighted by atomic mass is 9.86. The summed E-state index contributed by atoms with van der Waals surface area (Å²) in [6.45, 7) is 1.85. The zero-order valence-electron chi connectivity index (χ0n) is 17.9. The van der Waals surface area contributed by atoms with Gasteiger partial charge in [-0.15, -0.1) is 0 Å². The summed E-state index contributed by atoms with van der Waals surface area (Å²) in [6.07, 6.45) is 3.56. The second-order valence-electron chi connectivity index (χ2n) is 8.32. The average molecular weight is 421 g/mol. The number of hydrogen-bond acceptors (Lipinski definition) is 4. The van der Waals surface area contributed by atoms with Crippen molar-refractivity contribution in [3.05, 3.63) is 75.7 Å². The van der Waals surface area contributed by atoms with Crippen LogP contribution in [-0.4, -0.2) is 58.0 Å².